The lowest BCUT2D eigenvalue weighted by atomic mass is 9.91. The molecular weight excluding hydrogens is 194 g/mol. The Morgan fingerprint density at radius 3 is 2.73 bits per heavy atom. The van der Waals surface area contributed by atoms with Gasteiger partial charge in [0.15, 0.2) is 0 Å². The number of carbonyl (C=O) groups is 1. The van der Waals surface area contributed by atoms with Gasteiger partial charge in [0, 0.05) is 19.2 Å². The number of nitrogens with zero attached hydrogens (tertiary/aromatic N) is 1. The molecule has 1 fully saturated rings. The first-order chi connectivity index (χ1) is 7.29. The van der Waals surface area contributed by atoms with E-state index < -0.39 is 0 Å². The van der Waals surface area contributed by atoms with Crippen LogP contribution in [-0.4, -0.2) is 48.3 Å². The van der Waals surface area contributed by atoms with Crippen LogP contribution in [-0.2, 0) is 9.53 Å². The Bertz CT molecular complexity index is 192. The largest absolute Gasteiger partial charge is 0.395 e. The van der Waals surface area contributed by atoms with Gasteiger partial charge in [-0.3, -0.25) is 4.79 Å². The van der Waals surface area contributed by atoms with Gasteiger partial charge in [-0.2, -0.15) is 0 Å². The molecule has 0 aromatic heterocycles. The molecule has 0 heterocycles. The highest BCUT2D eigenvalue weighted by Gasteiger charge is 2.27. The first-order valence-corrected chi connectivity index (χ1v) is 5.77. The Balaban J connectivity index is 2.29. The van der Waals surface area contributed by atoms with Crippen LogP contribution in [0.15, 0.2) is 0 Å². The van der Waals surface area contributed by atoms with E-state index in [0.29, 0.717) is 19.2 Å². The van der Waals surface area contributed by atoms with Crippen molar-refractivity contribution < 1.29 is 14.6 Å². The monoisotopic (exact) mass is 215 g/mol. The maximum absolute atomic E-state index is 11.7. The number of carbonyl (C=O) groups excluding carboxylic acids is 1. The number of aliphatic hydroxyl groups excluding tert-OH is 1. The SMILES string of the molecule is CCCOCC(=O)N(CCO)C1CCC1. The molecule has 0 aromatic rings. The third-order valence-electron chi connectivity index (χ3n) is 2.75. The van der Waals surface area contributed by atoms with Crippen LogP contribution in [0.2, 0.25) is 0 Å². The Kier molecular flexibility index (Phi) is 5.65. The van der Waals surface area contributed by atoms with Crippen LogP contribution in [0.3, 0.4) is 0 Å². The van der Waals surface area contributed by atoms with E-state index in [2.05, 4.69) is 0 Å². The highest BCUT2D eigenvalue weighted by atomic mass is 16.5. The molecule has 0 radical (unpaired) electrons. The molecule has 0 aromatic carbocycles. The summed E-state index contributed by atoms with van der Waals surface area (Å²) < 4.78 is 5.22. The minimum absolute atomic E-state index is 0.0159. The lowest BCUT2D eigenvalue weighted by molar-refractivity contribution is -0.140. The molecule has 88 valence electrons. The molecular formula is C11H21NO3. The Hall–Kier alpha value is -0.610. The van der Waals surface area contributed by atoms with Crippen LogP contribution in [0, 0.1) is 0 Å². The quantitative estimate of drug-likeness (QED) is 0.639. The maximum atomic E-state index is 11.7. The molecule has 0 spiro atoms. The van der Waals surface area contributed by atoms with Crippen LogP contribution >= 0.6 is 0 Å². The molecule has 0 atom stereocenters. The summed E-state index contributed by atoms with van der Waals surface area (Å²) in [5.74, 6) is 0.0159. The number of rotatable bonds is 7. The van der Waals surface area contributed by atoms with Gasteiger partial charge in [0.1, 0.15) is 6.61 Å². The van der Waals surface area contributed by atoms with Gasteiger partial charge in [-0.15, -0.1) is 0 Å². The lowest BCUT2D eigenvalue weighted by Gasteiger charge is -2.37. The minimum atomic E-state index is 0.0159. The van der Waals surface area contributed by atoms with Crippen molar-refractivity contribution in [3.05, 3.63) is 0 Å². The average Bonchev–Trinajstić information content (AvgIpc) is 2.14. The Morgan fingerprint density at radius 1 is 1.53 bits per heavy atom. The van der Waals surface area contributed by atoms with Gasteiger partial charge < -0.3 is 14.7 Å². The Morgan fingerprint density at radius 2 is 2.27 bits per heavy atom. The van der Waals surface area contributed by atoms with Crippen LogP contribution in [0.25, 0.3) is 0 Å². The predicted octanol–water partition coefficient (Wildman–Crippen LogP) is 0.786. The maximum Gasteiger partial charge on any atom is 0.248 e. The van der Waals surface area contributed by atoms with Gasteiger partial charge in [0.05, 0.1) is 6.61 Å². The summed E-state index contributed by atoms with van der Waals surface area (Å²) in [6, 6.07) is 0.342. The van der Waals surface area contributed by atoms with Crippen LogP contribution < -0.4 is 0 Å². The van der Waals surface area contributed by atoms with Crippen molar-refractivity contribution in [3.63, 3.8) is 0 Å². The predicted molar refractivity (Wildman–Crippen MR) is 57.5 cm³/mol. The highest BCUT2D eigenvalue weighted by Crippen LogP contribution is 2.24. The summed E-state index contributed by atoms with van der Waals surface area (Å²) in [6.45, 7) is 3.28. The topological polar surface area (TPSA) is 49.8 Å². The van der Waals surface area contributed by atoms with E-state index in [4.69, 9.17) is 9.84 Å². The zero-order valence-electron chi connectivity index (χ0n) is 9.45. The molecule has 1 amide bonds. The van der Waals surface area contributed by atoms with Crippen molar-refractivity contribution >= 4 is 5.91 Å². The molecule has 1 aliphatic carbocycles. The third kappa shape index (κ3) is 3.80. The van der Waals surface area contributed by atoms with Crippen LogP contribution in [0.4, 0.5) is 0 Å². The van der Waals surface area contributed by atoms with E-state index in [-0.39, 0.29) is 19.1 Å². The zero-order valence-corrected chi connectivity index (χ0v) is 9.45. The fourth-order valence-electron chi connectivity index (χ4n) is 1.70. The third-order valence-corrected chi connectivity index (χ3v) is 2.75. The van der Waals surface area contributed by atoms with E-state index in [1.165, 1.54) is 6.42 Å². The van der Waals surface area contributed by atoms with E-state index in [9.17, 15) is 4.79 Å². The summed E-state index contributed by atoms with van der Waals surface area (Å²) in [5.41, 5.74) is 0. The summed E-state index contributed by atoms with van der Waals surface area (Å²) in [7, 11) is 0. The van der Waals surface area contributed by atoms with Crippen molar-refractivity contribution in [1.29, 1.82) is 0 Å². The fraction of sp³-hybridized carbons (Fsp3) is 0.909. The first-order valence-electron chi connectivity index (χ1n) is 5.77. The van der Waals surface area contributed by atoms with E-state index >= 15 is 0 Å². The highest BCUT2D eigenvalue weighted by molar-refractivity contribution is 5.77. The number of amides is 1. The molecule has 0 saturated heterocycles. The number of hydrogen-bond donors (Lipinski definition) is 1. The molecule has 15 heavy (non-hydrogen) atoms. The zero-order chi connectivity index (χ0) is 11.1. The fourth-order valence-corrected chi connectivity index (χ4v) is 1.70. The van der Waals surface area contributed by atoms with Crippen molar-refractivity contribution in [2.45, 2.75) is 38.6 Å². The van der Waals surface area contributed by atoms with Gasteiger partial charge in [-0.05, 0) is 25.7 Å². The van der Waals surface area contributed by atoms with E-state index in [0.717, 1.165) is 19.3 Å². The van der Waals surface area contributed by atoms with Crippen LogP contribution in [0.1, 0.15) is 32.6 Å². The van der Waals surface area contributed by atoms with Gasteiger partial charge in [0.25, 0.3) is 0 Å². The smallest absolute Gasteiger partial charge is 0.248 e. The molecule has 4 heteroatoms. The minimum Gasteiger partial charge on any atom is -0.395 e. The molecule has 1 N–H and O–H groups in total. The molecule has 0 bridgehead atoms. The molecule has 1 saturated carbocycles. The first kappa shape index (κ1) is 12.5. The van der Waals surface area contributed by atoms with Gasteiger partial charge >= 0.3 is 0 Å². The summed E-state index contributed by atoms with van der Waals surface area (Å²) in [5, 5.41) is 8.89. The molecule has 0 unspecified atom stereocenters. The number of hydrogen-bond acceptors (Lipinski definition) is 3. The normalized spacial score (nSPS) is 16.1. The second-order valence-corrected chi connectivity index (χ2v) is 3.95. The lowest BCUT2D eigenvalue weighted by Crippen LogP contribution is -2.47. The summed E-state index contributed by atoms with van der Waals surface area (Å²) >= 11 is 0. The molecule has 4 nitrogen and oxygen atoms in total. The summed E-state index contributed by atoms with van der Waals surface area (Å²) in [6.07, 6.45) is 4.26. The second kappa shape index (κ2) is 6.80. The van der Waals surface area contributed by atoms with Crippen molar-refractivity contribution in [1.82, 2.24) is 4.90 Å². The van der Waals surface area contributed by atoms with Crippen molar-refractivity contribution in [3.8, 4) is 0 Å². The van der Waals surface area contributed by atoms with Crippen LogP contribution in [0.5, 0.6) is 0 Å². The Labute approximate surface area is 91.2 Å². The summed E-state index contributed by atoms with van der Waals surface area (Å²) in [4.78, 5) is 13.5. The molecule has 0 aliphatic heterocycles. The van der Waals surface area contributed by atoms with Gasteiger partial charge in [-0.1, -0.05) is 6.92 Å². The molecule has 1 aliphatic rings. The number of aliphatic hydroxyl groups is 1. The number of ether oxygens (including phenoxy) is 1. The van der Waals surface area contributed by atoms with Gasteiger partial charge in [0.2, 0.25) is 5.91 Å². The van der Waals surface area contributed by atoms with E-state index in [1.807, 2.05) is 6.92 Å². The van der Waals surface area contributed by atoms with Crippen molar-refractivity contribution in [2.24, 2.45) is 0 Å². The second-order valence-electron chi connectivity index (χ2n) is 3.95. The van der Waals surface area contributed by atoms with Gasteiger partial charge in [-0.25, -0.2) is 0 Å². The van der Waals surface area contributed by atoms with Crippen molar-refractivity contribution in [2.75, 3.05) is 26.4 Å². The van der Waals surface area contributed by atoms with E-state index in [1.54, 1.807) is 4.90 Å². The molecule has 1 rings (SSSR count). The standard InChI is InChI=1S/C11H21NO3/c1-2-8-15-9-11(14)12(6-7-13)10-4-3-5-10/h10,13H,2-9H2,1H3. The average molecular weight is 215 g/mol.